The van der Waals surface area contributed by atoms with Crippen molar-refractivity contribution < 1.29 is 27.9 Å². The summed E-state index contributed by atoms with van der Waals surface area (Å²) >= 11 is 0. The highest BCUT2D eigenvalue weighted by Gasteiger charge is 2.40. The van der Waals surface area contributed by atoms with E-state index in [9.17, 15) is 18.8 Å². The van der Waals surface area contributed by atoms with E-state index in [1.807, 2.05) is 25.7 Å². The number of hydrogen-bond donors (Lipinski definition) is 1. The van der Waals surface area contributed by atoms with E-state index in [2.05, 4.69) is 20.3 Å². The number of piperidine rings is 1. The summed E-state index contributed by atoms with van der Waals surface area (Å²) < 4.78 is 25.1. The van der Waals surface area contributed by atoms with Crippen LogP contribution in [0, 0.1) is 5.82 Å². The summed E-state index contributed by atoms with van der Waals surface area (Å²) in [5.74, 6) is -1.23. The molecular formula is C29H33FN6O5. The zero-order valence-electron chi connectivity index (χ0n) is 23.3. The van der Waals surface area contributed by atoms with E-state index < -0.39 is 17.3 Å². The maximum absolute atomic E-state index is 14.8. The van der Waals surface area contributed by atoms with E-state index in [1.54, 1.807) is 11.0 Å². The topological polar surface area (TPSA) is 131 Å². The minimum absolute atomic E-state index is 0.00504. The molecule has 0 bridgehead atoms. The maximum atomic E-state index is 14.8. The number of hydrogen-bond acceptors (Lipinski definition) is 8. The third-order valence-electron chi connectivity index (χ3n) is 6.97. The molecule has 216 valence electrons. The molecule has 3 heterocycles. The molecule has 1 N–H and O–H groups in total. The fourth-order valence-corrected chi connectivity index (χ4v) is 4.80. The SMILES string of the molecule is CC(C)(C)OC(=O)N1CCC(N(C(=O)c2cnc(-c3ccc(C(=O)NCc4cocn4)c(F)c3)nc2)C2CC2)CC1. The van der Waals surface area contributed by atoms with Gasteiger partial charge in [-0.3, -0.25) is 9.59 Å². The fraction of sp³-hybridized carbons (Fsp3) is 0.448. The quantitative estimate of drug-likeness (QED) is 0.452. The number of benzene rings is 1. The molecule has 2 aliphatic rings. The van der Waals surface area contributed by atoms with Crippen LogP contribution in [0.2, 0.25) is 0 Å². The smallest absolute Gasteiger partial charge is 0.410 e. The van der Waals surface area contributed by atoms with Gasteiger partial charge in [-0.25, -0.2) is 24.1 Å². The lowest BCUT2D eigenvalue weighted by atomic mass is 10.0. The molecule has 1 saturated carbocycles. The molecule has 41 heavy (non-hydrogen) atoms. The summed E-state index contributed by atoms with van der Waals surface area (Å²) in [6.45, 7) is 6.66. The van der Waals surface area contributed by atoms with Crippen LogP contribution in [0.1, 0.15) is 72.9 Å². The molecule has 0 atom stereocenters. The van der Waals surface area contributed by atoms with Crippen molar-refractivity contribution in [3.8, 4) is 11.4 Å². The molecule has 3 aromatic rings. The Hall–Kier alpha value is -4.35. The molecule has 2 fully saturated rings. The minimum Gasteiger partial charge on any atom is -0.451 e. The number of likely N-dealkylation sites (tertiary alicyclic amines) is 1. The van der Waals surface area contributed by atoms with Crippen LogP contribution in [0.4, 0.5) is 9.18 Å². The van der Waals surface area contributed by atoms with Crippen molar-refractivity contribution in [3.63, 3.8) is 0 Å². The zero-order chi connectivity index (χ0) is 29.1. The Bertz CT molecular complexity index is 1390. The first-order valence-electron chi connectivity index (χ1n) is 13.7. The predicted molar refractivity (Wildman–Crippen MR) is 145 cm³/mol. The summed E-state index contributed by atoms with van der Waals surface area (Å²) in [5, 5.41) is 2.59. The van der Waals surface area contributed by atoms with Crippen molar-refractivity contribution in [1.82, 2.24) is 30.1 Å². The Morgan fingerprint density at radius 3 is 2.34 bits per heavy atom. The van der Waals surface area contributed by atoms with Gasteiger partial charge in [0, 0.05) is 43.1 Å². The molecule has 0 unspecified atom stereocenters. The molecule has 0 radical (unpaired) electrons. The number of aromatic nitrogens is 3. The number of carbonyl (C=O) groups is 3. The summed E-state index contributed by atoms with van der Waals surface area (Å²) in [6.07, 6.45) is 8.42. The van der Waals surface area contributed by atoms with Crippen molar-refractivity contribution in [2.45, 2.75) is 70.7 Å². The second-order valence-electron chi connectivity index (χ2n) is 11.3. The minimum atomic E-state index is -0.721. The van der Waals surface area contributed by atoms with Gasteiger partial charge in [-0.05, 0) is 58.6 Å². The summed E-state index contributed by atoms with van der Waals surface area (Å²) in [4.78, 5) is 54.5. The monoisotopic (exact) mass is 564 g/mol. The normalized spacial score (nSPS) is 15.9. The van der Waals surface area contributed by atoms with Crippen molar-refractivity contribution in [3.05, 3.63) is 65.9 Å². The molecule has 1 saturated heterocycles. The number of amides is 3. The highest BCUT2D eigenvalue weighted by molar-refractivity contribution is 5.95. The second kappa shape index (κ2) is 11.6. The van der Waals surface area contributed by atoms with Crippen LogP contribution in [0.25, 0.3) is 11.4 Å². The number of oxazole rings is 1. The van der Waals surface area contributed by atoms with Crippen molar-refractivity contribution in [2.75, 3.05) is 13.1 Å². The van der Waals surface area contributed by atoms with Crippen LogP contribution in [0.3, 0.4) is 0 Å². The Labute approximate surface area is 237 Å². The molecular weight excluding hydrogens is 531 g/mol. The van der Waals surface area contributed by atoms with E-state index in [1.165, 1.54) is 37.2 Å². The second-order valence-corrected chi connectivity index (χ2v) is 11.3. The lowest BCUT2D eigenvalue weighted by molar-refractivity contribution is 0.0142. The first kappa shape index (κ1) is 28.2. The van der Waals surface area contributed by atoms with Gasteiger partial charge in [-0.2, -0.15) is 0 Å². The molecule has 11 nitrogen and oxygen atoms in total. The first-order valence-corrected chi connectivity index (χ1v) is 13.7. The van der Waals surface area contributed by atoms with Gasteiger partial charge in [0.05, 0.1) is 23.4 Å². The maximum Gasteiger partial charge on any atom is 0.410 e. The average molecular weight is 565 g/mol. The first-order chi connectivity index (χ1) is 19.6. The number of nitrogens with zero attached hydrogens (tertiary/aromatic N) is 5. The Morgan fingerprint density at radius 2 is 1.76 bits per heavy atom. The van der Waals surface area contributed by atoms with Gasteiger partial charge in [0.1, 0.15) is 17.7 Å². The van der Waals surface area contributed by atoms with Crippen LogP contribution < -0.4 is 5.32 Å². The number of nitrogens with one attached hydrogen (secondary N) is 1. The van der Waals surface area contributed by atoms with Crippen LogP contribution in [-0.4, -0.2) is 73.4 Å². The van der Waals surface area contributed by atoms with Gasteiger partial charge >= 0.3 is 6.09 Å². The number of carbonyl (C=O) groups excluding carboxylic acids is 3. The number of halogens is 1. The van der Waals surface area contributed by atoms with Gasteiger partial charge in [-0.15, -0.1) is 0 Å². The molecule has 12 heteroatoms. The largest absolute Gasteiger partial charge is 0.451 e. The lowest BCUT2D eigenvalue weighted by Gasteiger charge is -2.39. The summed E-state index contributed by atoms with van der Waals surface area (Å²) in [6, 6.07) is 4.28. The van der Waals surface area contributed by atoms with Crippen LogP contribution in [0.15, 0.2) is 47.7 Å². The van der Waals surface area contributed by atoms with Gasteiger partial charge in [0.2, 0.25) is 0 Å². The summed E-state index contributed by atoms with van der Waals surface area (Å²) in [7, 11) is 0. The lowest BCUT2D eigenvalue weighted by Crippen LogP contribution is -2.50. The Balaban J connectivity index is 1.22. The molecule has 1 aliphatic carbocycles. The van der Waals surface area contributed by atoms with Gasteiger partial charge in [0.15, 0.2) is 12.2 Å². The fourth-order valence-electron chi connectivity index (χ4n) is 4.80. The van der Waals surface area contributed by atoms with Crippen LogP contribution in [0.5, 0.6) is 0 Å². The highest BCUT2D eigenvalue weighted by atomic mass is 19.1. The van der Waals surface area contributed by atoms with Crippen molar-refractivity contribution >= 4 is 17.9 Å². The standard InChI is InChI=1S/C29H33FN6O5/c1-29(2,3)41-28(39)35-10-8-22(9-11-35)36(21-5-6-21)27(38)19-13-31-25(32-14-19)18-4-7-23(24(30)12-18)26(37)33-15-20-16-40-17-34-20/h4,7,12-14,16-17,21-22H,5-6,8-11,15H2,1-3H3,(H,33,37). The molecule has 0 spiro atoms. The highest BCUT2D eigenvalue weighted by Crippen LogP contribution is 2.33. The number of ether oxygens (including phenoxy) is 1. The number of rotatable bonds is 7. The van der Waals surface area contributed by atoms with Crippen molar-refractivity contribution in [1.29, 1.82) is 0 Å². The van der Waals surface area contributed by atoms with E-state index in [0.717, 1.165) is 12.8 Å². The van der Waals surface area contributed by atoms with Crippen molar-refractivity contribution in [2.24, 2.45) is 0 Å². The third-order valence-corrected chi connectivity index (χ3v) is 6.97. The average Bonchev–Trinajstić information content (AvgIpc) is 3.63. The molecule has 1 aromatic carbocycles. The summed E-state index contributed by atoms with van der Waals surface area (Å²) in [5.41, 5.74) is 0.562. The van der Waals surface area contributed by atoms with E-state index >= 15 is 0 Å². The third kappa shape index (κ3) is 6.87. The van der Waals surface area contributed by atoms with Crippen LogP contribution >= 0.6 is 0 Å². The van der Waals surface area contributed by atoms with E-state index in [4.69, 9.17) is 9.15 Å². The molecule has 2 aromatic heterocycles. The van der Waals surface area contributed by atoms with E-state index in [-0.39, 0.29) is 42.0 Å². The van der Waals surface area contributed by atoms with Gasteiger partial charge < -0.3 is 24.3 Å². The predicted octanol–water partition coefficient (Wildman–Crippen LogP) is 4.20. The Kier molecular flexibility index (Phi) is 8.00. The van der Waals surface area contributed by atoms with Gasteiger partial charge in [0.25, 0.3) is 11.8 Å². The molecule has 3 amide bonds. The van der Waals surface area contributed by atoms with Gasteiger partial charge in [-0.1, -0.05) is 6.07 Å². The Morgan fingerprint density at radius 1 is 1.07 bits per heavy atom. The molecule has 1 aliphatic heterocycles. The van der Waals surface area contributed by atoms with Crippen LogP contribution in [-0.2, 0) is 11.3 Å². The zero-order valence-corrected chi connectivity index (χ0v) is 23.3. The molecule has 5 rings (SSSR count). The van der Waals surface area contributed by atoms with E-state index in [0.29, 0.717) is 42.8 Å².